The molecule has 0 spiro atoms. The average Bonchev–Trinajstić information content (AvgIpc) is 3.41. The van der Waals surface area contributed by atoms with Gasteiger partial charge in [-0.05, 0) is 86.7 Å². The zero-order chi connectivity index (χ0) is 25.4. The number of amidine groups is 2. The maximum Gasteiger partial charge on any atom is 0.283 e. The van der Waals surface area contributed by atoms with Crippen molar-refractivity contribution in [2.75, 3.05) is 13.1 Å². The normalized spacial score (nSPS) is 19.0. The Balaban J connectivity index is 1.38. The van der Waals surface area contributed by atoms with E-state index >= 15 is 0 Å². The second kappa shape index (κ2) is 9.89. The van der Waals surface area contributed by atoms with Gasteiger partial charge < -0.3 is 9.47 Å². The fraction of sp³-hybridized carbons (Fsp3) is 0.370. The number of carbonyl (C=O) groups excluding carboxylic acids is 2. The van der Waals surface area contributed by atoms with Gasteiger partial charge in [-0.25, -0.2) is 0 Å². The van der Waals surface area contributed by atoms with Gasteiger partial charge in [-0.3, -0.25) is 15.0 Å². The number of nitrogens with zero attached hydrogens (tertiary/aromatic N) is 5. The predicted molar refractivity (Wildman–Crippen MR) is 145 cm³/mol. The Kier molecular flexibility index (Phi) is 6.66. The Morgan fingerprint density at radius 1 is 1.14 bits per heavy atom. The van der Waals surface area contributed by atoms with E-state index in [0.29, 0.717) is 10.2 Å². The molecule has 0 radical (unpaired) electrons. The number of aromatic nitrogens is 1. The summed E-state index contributed by atoms with van der Waals surface area (Å²) in [6.45, 7) is 7.73. The molecule has 1 aromatic heterocycles. The third kappa shape index (κ3) is 4.55. The van der Waals surface area contributed by atoms with E-state index in [0.717, 1.165) is 61.4 Å². The first kappa shape index (κ1) is 24.2. The van der Waals surface area contributed by atoms with Crippen molar-refractivity contribution in [3.05, 3.63) is 58.4 Å². The molecular weight excluding hydrogens is 472 g/mol. The summed E-state index contributed by atoms with van der Waals surface area (Å²) >= 11 is 1.20. The summed E-state index contributed by atoms with van der Waals surface area (Å²) in [5.41, 5.74) is 5.39. The molecule has 1 fully saturated rings. The predicted octanol–water partition coefficient (Wildman–Crippen LogP) is 4.68. The first-order chi connectivity index (χ1) is 17.4. The smallest absolute Gasteiger partial charge is 0.283 e. The van der Waals surface area contributed by atoms with Gasteiger partial charge in [-0.1, -0.05) is 19.1 Å². The minimum Gasteiger partial charge on any atom is -0.342 e. The molecule has 0 saturated carbocycles. The molecule has 0 unspecified atom stereocenters. The summed E-state index contributed by atoms with van der Waals surface area (Å²) < 4.78 is 2.14. The topological polar surface area (TPSA) is 94.1 Å². The Morgan fingerprint density at radius 3 is 2.56 bits per heavy atom. The Labute approximate surface area is 215 Å². The van der Waals surface area contributed by atoms with Gasteiger partial charge in [-0.2, -0.15) is 15.1 Å². The van der Waals surface area contributed by atoms with Crippen LogP contribution in [0.15, 0.2) is 46.0 Å². The fourth-order valence-corrected chi connectivity index (χ4v) is 5.73. The molecule has 0 atom stereocenters. The first-order valence-electron chi connectivity index (χ1n) is 12.4. The molecule has 9 heteroatoms. The van der Waals surface area contributed by atoms with Crippen LogP contribution in [0.2, 0.25) is 0 Å². The van der Waals surface area contributed by atoms with Crippen molar-refractivity contribution in [3.63, 3.8) is 0 Å². The number of nitrogens with one attached hydrogen (secondary N) is 1. The monoisotopic (exact) mass is 502 g/mol. The summed E-state index contributed by atoms with van der Waals surface area (Å²) in [5.74, 6) is -0.445. The van der Waals surface area contributed by atoms with Crippen LogP contribution in [0.4, 0.5) is 0 Å². The number of hydrazone groups is 1. The molecule has 2 amide bonds. The SMILES string of the molecule is CCc1ccc(-n2c(C)cc(/C=C3\C(=N)N4N=C(CC(=O)N5CCCCC5)SC4=NC3=O)c2C)cc1. The standard InChI is InChI=1S/C27H30N6O2S/c1-4-19-8-10-21(11-9-19)32-17(2)14-20(18(32)3)15-22-25(28)33-27(29-26(22)35)36-23(30-33)16-24(34)31-12-6-5-7-13-31/h8-11,14-15,28H,4-7,12-13,16H2,1-3H3/b22-15+,28-25?. The zero-order valence-electron chi connectivity index (χ0n) is 20.9. The van der Waals surface area contributed by atoms with E-state index < -0.39 is 5.91 Å². The summed E-state index contributed by atoms with van der Waals surface area (Å²) in [4.78, 5) is 31.6. The van der Waals surface area contributed by atoms with Crippen molar-refractivity contribution in [2.24, 2.45) is 10.1 Å². The molecule has 2 aromatic rings. The van der Waals surface area contributed by atoms with Gasteiger partial charge >= 0.3 is 0 Å². The van der Waals surface area contributed by atoms with Crippen molar-refractivity contribution >= 4 is 45.7 Å². The Hall–Kier alpha value is -3.46. The molecule has 4 heterocycles. The van der Waals surface area contributed by atoms with Crippen LogP contribution in [0.25, 0.3) is 11.8 Å². The van der Waals surface area contributed by atoms with E-state index in [2.05, 4.69) is 45.9 Å². The molecule has 3 aliphatic heterocycles. The van der Waals surface area contributed by atoms with Crippen molar-refractivity contribution in [1.82, 2.24) is 14.5 Å². The van der Waals surface area contributed by atoms with Crippen LogP contribution in [0.1, 0.15) is 55.1 Å². The number of aliphatic imine (C=N–C) groups is 1. The van der Waals surface area contributed by atoms with E-state index in [1.54, 1.807) is 6.08 Å². The maximum absolute atomic E-state index is 12.9. The number of fused-ring (bicyclic) bond motifs is 1. The number of benzene rings is 1. The van der Waals surface area contributed by atoms with Crippen LogP contribution in [-0.4, -0.2) is 55.4 Å². The second-order valence-corrected chi connectivity index (χ2v) is 10.4. The molecule has 5 rings (SSSR count). The largest absolute Gasteiger partial charge is 0.342 e. The zero-order valence-corrected chi connectivity index (χ0v) is 21.7. The molecule has 186 valence electrons. The molecule has 1 saturated heterocycles. The van der Waals surface area contributed by atoms with Gasteiger partial charge in [0.2, 0.25) is 11.1 Å². The van der Waals surface area contributed by atoms with Gasteiger partial charge in [0.25, 0.3) is 5.91 Å². The lowest BCUT2D eigenvalue weighted by Crippen LogP contribution is -2.36. The summed E-state index contributed by atoms with van der Waals surface area (Å²) in [7, 11) is 0. The number of likely N-dealkylation sites (tertiary alicyclic amines) is 1. The number of thioether (sulfide) groups is 1. The van der Waals surface area contributed by atoms with Gasteiger partial charge in [-0.15, -0.1) is 0 Å². The van der Waals surface area contributed by atoms with Crippen LogP contribution < -0.4 is 0 Å². The molecule has 8 nitrogen and oxygen atoms in total. The van der Waals surface area contributed by atoms with Crippen molar-refractivity contribution in [1.29, 1.82) is 5.41 Å². The van der Waals surface area contributed by atoms with Gasteiger partial charge in [0.1, 0.15) is 5.04 Å². The molecule has 0 bridgehead atoms. The summed E-state index contributed by atoms with van der Waals surface area (Å²) in [6.07, 6.45) is 6.09. The lowest BCUT2D eigenvalue weighted by atomic mass is 10.1. The molecule has 3 aliphatic rings. The quantitative estimate of drug-likeness (QED) is 0.601. The Bertz CT molecular complexity index is 1330. The number of piperidine rings is 1. The van der Waals surface area contributed by atoms with E-state index in [-0.39, 0.29) is 23.7 Å². The van der Waals surface area contributed by atoms with Gasteiger partial charge in [0.15, 0.2) is 5.84 Å². The highest BCUT2D eigenvalue weighted by Crippen LogP contribution is 2.31. The maximum atomic E-state index is 12.9. The lowest BCUT2D eigenvalue weighted by Gasteiger charge is -2.26. The van der Waals surface area contributed by atoms with Crippen molar-refractivity contribution in [3.8, 4) is 5.69 Å². The number of hydrogen-bond donors (Lipinski definition) is 1. The Morgan fingerprint density at radius 2 is 1.86 bits per heavy atom. The van der Waals surface area contributed by atoms with Crippen LogP contribution in [0.3, 0.4) is 0 Å². The second-order valence-electron chi connectivity index (χ2n) is 9.31. The molecule has 1 aromatic carbocycles. The van der Waals surface area contributed by atoms with E-state index in [4.69, 9.17) is 5.41 Å². The van der Waals surface area contributed by atoms with Crippen molar-refractivity contribution < 1.29 is 9.59 Å². The third-order valence-corrected chi connectivity index (χ3v) is 7.79. The van der Waals surface area contributed by atoms with Crippen LogP contribution in [-0.2, 0) is 16.0 Å². The number of hydrogen-bond acceptors (Lipinski definition) is 5. The average molecular weight is 503 g/mol. The first-order valence-corrected chi connectivity index (χ1v) is 13.2. The number of amides is 2. The molecule has 1 N–H and O–H groups in total. The fourth-order valence-electron chi connectivity index (χ4n) is 4.85. The number of aryl methyl sites for hydroxylation is 2. The van der Waals surface area contributed by atoms with E-state index in [9.17, 15) is 9.59 Å². The highest BCUT2D eigenvalue weighted by molar-refractivity contribution is 8.27. The van der Waals surface area contributed by atoms with E-state index in [1.165, 1.54) is 22.3 Å². The van der Waals surface area contributed by atoms with Gasteiger partial charge in [0, 0.05) is 30.2 Å². The highest BCUT2D eigenvalue weighted by atomic mass is 32.2. The van der Waals surface area contributed by atoms with Crippen LogP contribution in [0, 0.1) is 19.3 Å². The minimum atomic E-state index is -0.463. The van der Waals surface area contributed by atoms with Crippen molar-refractivity contribution in [2.45, 2.75) is 52.9 Å². The molecule has 0 aliphatic carbocycles. The number of rotatable bonds is 5. The minimum absolute atomic E-state index is 0.0185. The van der Waals surface area contributed by atoms with Crippen LogP contribution >= 0.6 is 11.8 Å². The molecule has 36 heavy (non-hydrogen) atoms. The van der Waals surface area contributed by atoms with E-state index in [1.807, 2.05) is 24.8 Å². The summed E-state index contributed by atoms with van der Waals surface area (Å²) in [6, 6.07) is 10.5. The van der Waals surface area contributed by atoms with Gasteiger partial charge in [0.05, 0.1) is 12.0 Å². The molecular formula is C27H30N6O2S. The lowest BCUT2D eigenvalue weighted by molar-refractivity contribution is -0.130. The highest BCUT2D eigenvalue weighted by Gasteiger charge is 2.36. The van der Waals surface area contributed by atoms with Crippen LogP contribution in [0.5, 0.6) is 0 Å². The number of carbonyl (C=O) groups is 2. The third-order valence-electron chi connectivity index (χ3n) is 6.88. The summed E-state index contributed by atoms with van der Waals surface area (Å²) in [5, 5.41) is 15.4.